The van der Waals surface area contributed by atoms with E-state index in [1.807, 2.05) is 0 Å². The van der Waals surface area contributed by atoms with Crippen molar-refractivity contribution in [2.75, 3.05) is 5.32 Å². The van der Waals surface area contributed by atoms with Crippen molar-refractivity contribution >= 4 is 46.4 Å². The van der Waals surface area contributed by atoms with Crippen molar-refractivity contribution in [2.24, 2.45) is 5.92 Å². The molecule has 0 saturated heterocycles. The van der Waals surface area contributed by atoms with Crippen molar-refractivity contribution in [3.8, 4) is 0 Å². The zero-order chi connectivity index (χ0) is 19.9. The number of hydrogen-bond acceptors (Lipinski definition) is 3. The molecule has 2 saturated carbocycles. The number of thiocarbonyl (C=S) groups is 1. The van der Waals surface area contributed by atoms with Crippen LogP contribution in [0.15, 0.2) is 18.2 Å². The highest BCUT2D eigenvalue weighted by molar-refractivity contribution is 7.80. The lowest BCUT2D eigenvalue weighted by Gasteiger charge is -2.23. The SMILES string of the molecule is O=C(NC1CCCCC1)c1cc(NC(=S)NC(=O)C2CCCCC2)ccc1Cl. The summed E-state index contributed by atoms with van der Waals surface area (Å²) >= 11 is 11.5. The molecule has 2 amide bonds. The van der Waals surface area contributed by atoms with Crippen molar-refractivity contribution in [2.45, 2.75) is 70.3 Å². The van der Waals surface area contributed by atoms with Gasteiger partial charge in [0.25, 0.3) is 5.91 Å². The molecule has 0 spiro atoms. The van der Waals surface area contributed by atoms with Crippen LogP contribution in [-0.2, 0) is 4.79 Å². The highest BCUT2D eigenvalue weighted by Crippen LogP contribution is 2.24. The lowest BCUT2D eigenvalue weighted by Crippen LogP contribution is -2.39. The molecule has 0 aliphatic heterocycles. The van der Waals surface area contributed by atoms with Crippen LogP contribution in [0.1, 0.15) is 74.6 Å². The van der Waals surface area contributed by atoms with Crippen molar-refractivity contribution in [3.63, 3.8) is 0 Å². The fraction of sp³-hybridized carbons (Fsp3) is 0.571. The minimum absolute atomic E-state index is 0.0265. The van der Waals surface area contributed by atoms with E-state index in [1.165, 1.54) is 12.8 Å². The van der Waals surface area contributed by atoms with Gasteiger partial charge in [-0.15, -0.1) is 0 Å². The fourth-order valence-electron chi connectivity index (χ4n) is 4.03. The average Bonchev–Trinajstić information content (AvgIpc) is 2.70. The van der Waals surface area contributed by atoms with Gasteiger partial charge in [-0.05, 0) is 56.1 Å². The monoisotopic (exact) mass is 421 g/mol. The summed E-state index contributed by atoms with van der Waals surface area (Å²) in [5.74, 6) is -0.158. The summed E-state index contributed by atoms with van der Waals surface area (Å²) in [4.78, 5) is 25.0. The predicted octanol–water partition coefficient (Wildman–Crippen LogP) is 4.80. The van der Waals surface area contributed by atoms with Crippen LogP contribution in [-0.4, -0.2) is 23.0 Å². The molecule has 0 bridgehead atoms. The Hall–Kier alpha value is -1.66. The Morgan fingerprint density at radius 3 is 2.29 bits per heavy atom. The molecule has 2 aliphatic carbocycles. The third-order valence-corrected chi connectivity index (χ3v) is 6.16. The second-order valence-corrected chi connectivity index (χ2v) is 8.60. The van der Waals surface area contributed by atoms with E-state index < -0.39 is 0 Å². The Kier molecular flexibility index (Phi) is 7.68. The summed E-state index contributed by atoms with van der Waals surface area (Å²) in [6.45, 7) is 0. The Morgan fingerprint density at radius 1 is 0.964 bits per heavy atom. The molecular weight excluding hydrogens is 394 g/mol. The van der Waals surface area contributed by atoms with Gasteiger partial charge in [0.05, 0.1) is 10.6 Å². The highest BCUT2D eigenvalue weighted by atomic mass is 35.5. The molecule has 1 aromatic carbocycles. The van der Waals surface area contributed by atoms with E-state index in [0.29, 0.717) is 16.3 Å². The molecule has 0 aromatic heterocycles. The number of hydrogen-bond donors (Lipinski definition) is 3. The van der Waals surface area contributed by atoms with Crippen LogP contribution < -0.4 is 16.0 Å². The summed E-state index contributed by atoms with van der Waals surface area (Å²) in [5.41, 5.74) is 1.05. The lowest BCUT2D eigenvalue weighted by atomic mass is 9.89. The summed E-state index contributed by atoms with van der Waals surface area (Å²) in [6.07, 6.45) is 10.8. The molecule has 3 rings (SSSR count). The molecule has 0 atom stereocenters. The van der Waals surface area contributed by atoms with Crippen LogP contribution in [0.5, 0.6) is 0 Å². The van der Waals surface area contributed by atoms with Crippen LogP contribution in [0, 0.1) is 5.92 Å². The van der Waals surface area contributed by atoms with Crippen molar-refractivity contribution in [1.82, 2.24) is 10.6 Å². The number of halogens is 1. The second kappa shape index (κ2) is 10.2. The minimum Gasteiger partial charge on any atom is -0.349 e. The highest BCUT2D eigenvalue weighted by Gasteiger charge is 2.22. The first kappa shape index (κ1) is 21.1. The summed E-state index contributed by atoms with van der Waals surface area (Å²) in [7, 11) is 0. The molecule has 28 heavy (non-hydrogen) atoms. The Bertz CT molecular complexity index is 728. The van der Waals surface area contributed by atoms with Crippen LogP contribution in [0.2, 0.25) is 5.02 Å². The van der Waals surface area contributed by atoms with E-state index in [-0.39, 0.29) is 28.9 Å². The van der Waals surface area contributed by atoms with Gasteiger partial charge in [0.15, 0.2) is 5.11 Å². The number of carbonyl (C=O) groups is 2. The van der Waals surface area contributed by atoms with E-state index >= 15 is 0 Å². The molecule has 0 radical (unpaired) electrons. The summed E-state index contributed by atoms with van der Waals surface area (Å²) < 4.78 is 0. The van der Waals surface area contributed by atoms with Crippen molar-refractivity contribution in [3.05, 3.63) is 28.8 Å². The molecule has 2 fully saturated rings. The van der Waals surface area contributed by atoms with E-state index in [1.54, 1.807) is 18.2 Å². The van der Waals surface area contributed by atoms with Crippen molar-refractivity contribution < 1.29 is 9.59 Å². The van der Waals surface area contributed by atoms with Gasteiger partial charge in [-0.2, -0.15) is 0 Å². The van der Waals surface area contributed by atoms with Gasteiger partial charge < -0.3 is 16.0 Å². The molecule has 7 heteroatoms. The smallest absolute Gasteiger partial charge is 0.253 e. The van der Waals surface area contributed by atoms with E-state index in [0.717, 1.165) is 51.4 Å². The topological polar surface area (TPSA) is 70.2 Å². The third kappa shape index (κ3) is 5.92. The largest absolute Gasteiger partial charge is 0.349 e. The molecule has 152 valence electrons. The average molecular weight is 422 g/mol. The maximum absolute atomic E-state index is 12.6. The Balaban J connectivity index is 1.58. The number of amides is 2. The molecule has 1 aromatic rings. The quantitative estimate of drug-likeness (QED) is 0.611. The van der Waals surface area contributed by atoms with Gasteiger partial charge in [0, 0.05) is 17.6 Å². The van der Waals surface area contributed by atoms with Gasteiger partial charge in [0.1, 0.15) is 0 Å². The first-order valence-electron chi connectivity index (χ1n) is 10.2. The minimum atomic E-state index is -0.169. The lowest BCUT2D eigenvalue weighted by molar-refractivity contribution is -0.124. The Labute approximate surface area is 177 Å². The fourth-order valence-corrected chi connectivity index (χ4v) is 4.45. The second-order valence-electron chi connectivity index (χ2n) is 7.78. The van der Waals surface area contributed by atoms with Crippen LogP contribution in [0.3, 0.4) is 0 Å². The van der Waals surface area contributed by atoms with Crippen LogP contribution in [0.25, 0.3) is 0 Å². The number of anilines is 1. The summed E-state index contributed by atoms with van der Waals surface area (Å²) in [5, 5.41) is 9.50. The standard InChI is InChI=1S/C21H28ClN3O2S/c22-18-12-11-16(13-17(18)20(27)23-15-9-5-2-6-10-15)24-21(28)25-19(26)14-7-3-1-4-8-14/h11-15H,1-10H2,(H,23,27)(H2,24,25,26,28). The molecule has 3 N–H and O–H groups in total. The van der Waals surface area contributed by atoms with Crippen molar-refractivity contribution in [1.29, 1.82) is 0 Å². The van der Waals surface area contributed by atoms with E-state index in [2.05, 4.69) is 16.0 Å². The number of carbonyl (C=O) groups excluding carboxylic acids is 2. The zero-order valence-corrected chi connectivity index (χ0v) is 17.6. The third-order valence-electron chi connectivity index (χ3n) is 5.62. The molecule has 0 heterocycles. The van der Waals surface area contributed by atoms with Gasteiger partial charge in [-0.1, -0.05) is 50.1 Å². The normalized spacial score (nSPS) is 18.3. The van der Waals surface area contributed by atoms with E-state index in [4.69, 9.17) is 23.8 Å². The number of benzene rings is 1. The van der Waals surface area contributed by atoms with Gasteiger partial charge in [-0.3, -0.25) is 9.59 Å². The van der Waals surface area contributed by atoms with Gasteiger partial charge in [-0.25, -0.2) is 0 Å². The van der Waals surface area contributed by atoms with Crippen LogP contribution >= 0.6 is 23.8 Å². The molecule has 2 aliphatic rings. The maximum atomic E-state index is 12.6. The van der Waals surface area contributed by atoms with Gasteiger partial charge >= 0.3 is 0 Å². The summed E-state index contributed by atoms with van der Waals surface area (Å²) in [6, 6.07) is 5.31. The molecule has 0 unspecified atom stereocenters. The molecular formula is C21H28ClN3O2S. The first-order chi connectivity index (χ1) is 13.5. The Morgan fingerprint density at radius 2 is 1.61 bits per heavy atom. The zero-order valence-electron chi connectivity index (χ0n) is 16.1. The predicted molar refractivity (Wildman–Crippen MR) is 117 cm³/mol. The number of nitrogens with one attached hydrogen (secondary N) is 3. The number of rotatable bonds is 4. The molecule has 5 nitrogen and oxygen atoms in total. The van der Waals surface area contributed by atoms with Gasteiger partial charge in [0.2, 0.25) is 5.91 Å². The van der Waals surface area contributed by atoms with Crippen LogP contribution in [0.4, 0.5) is 5.69 Å². The van der Waals surface area contributed by atoms with E-state index in [9.17, 15) is 9.59 Å². The first-order valence-corrected chi connectivity index (χ1v) is 11.0. The maximum Gasteiger partial charge on any atom is 0.253 e.